The zero-order chi connectivity index (χ0) is 24.2. The minimum atomic E-state index is -0.263. The molecule has 0 unspecified atom stereocenters. The third-order valence-electron chi connectivity index (χ3n) is 5.46. The lowest BCUT2D eigenvalue weighted by molar-refractivity contribution is 0.415. The predicted molar refractivity (Wildman–Crippen MR) is 135 cm³/mol. The van der Waals surface area contributed by atoms with Crippen molar-refractivity contribution in [3.05, 3.63) is 96.2 Å². The fourth-order valence-corrected chi connectivity index (χ4v) is 3.68. The van der Waals surface area contributed by atoms with Gasteiger partial charge in [-0.25, -0.2) is 14.4 Å². The van der Waals surface area contributed by atoms with Gasteiger partial charge in [0.25, 0.3) is 0 Å². The van der Waals surface area contributed by atoms with Gasteiger partial charge >= 0.3 is 0 Å². The topological polar surface area (TPSA) is 103 Å². The number of hydrogen-bond donors (Lipinski definition) is 2. The first-order valence-corrected chi connectivity index (χ1v) is 10.8. The molecule has 3 aromatic carbocycles. The fraction of sp³-hybridized carbons (Fsp3) is 0.0769. The van der Waals surface area contributed by atoms with Crippen LogP contribution in [0.15, 0.2) is 84.2 Å². The van der Waals surface area contributed by atoms with Gasteiger partial charge in [-0.15, -0.1) is 0 Å². The van der Waals surface area contributed by atoms with Crippen LogP contribution in [0, 0.1) is 5.82 Å². The molecule has 2 heterocycles. The number of nitrogens with one attached hydrogen (secondary N) is 1. The van der Waals surface area contributed by atoms with Crippen LogP contribution in [0.1, 0.15) is 11.1 Å². The summed E-state index contributed by atoms with van der Waals surface area (Å²) in [5.41, 5.74) is 10.0. The molecule has 0 saturated heterocycles. The van der Waals surface area contributed by atoms with Crippen LogP contribution in [-0.2, 0) is 6.54 Å². The Hall–Kier alpha value is -4.79. The monoisotopic (exact) mass is 467 g/mol. The maximum atomic E-state index is 13.5. The number of benzene rings is 3. The lowest BCUT2D eigenvalue weighted by atomic mass is 10.2. The number of fused-ring (bicyclic) bond motifs is 1. The molecule has 0 fully saturated rings. The molecular formula is C26H22FN7O. The Morgan fingerprint density at radius 2 is 1.94 bits per heavy atom. The van der Waals surface area contributed by atoms with Gasteiger partial charge in [-0.1, -0.05) is 12.1 Å². The normalized spacial score (nSPS) is 11.3. The summed E-state index contributed by atoms with van der Waals surface area (Å²) in [6.07, 6.45) is 4.81. The number of anilines is 3. The lowest BCUT2D eigenvalue weighted by Crippen LogP contribution is -2.05. The van der Waals surface area contributed by atoms with Gasteiger partial charge in [0, 0.05) is 17.3 Å². The zero-order valence-electron chi connectivity index (χ0n) is 18.9. The number of ether oxygens (including phenoxy) is 1. The van der Waals surface area contributed by atoms with Crippen molar-refractivity contribution < 1.29 is 9.13 Å². The molecule has 0 aliphatic heterocycles. The van der Waals surface area contributed by atoms with E-state index in [1.54, 1.807) is 25.6 Å². The number of halogens is 1. The summed E-state index contributed by atoms with van der Waals surface area (Å²) in [5, 5.41) is 8.70. The van der Waals surface area contributed by atoms with Gasteiger partial charge in [-0.3, -0.25) is 9.67 Å². The summed E-state index contributed by atoms with van der Waals surface area (Å²) in [6, 6.07) is 19.7. The smallest absolute Gasteiger partial charge is 0.144 e. The summed E-state index contributed by atoms with van der Waals surface area (Å²) >= 11 is 0. The largest absolute Gasteiger partial charge is 0.497 e. The van der Waals surface area contributed by atoms with Crippen molar-refractivity contribution in [2.24, 2.45) is 4.99 Å². The molecule has 9 heteroatoms. The van der Waals surface area contributed by atoms with Gasteiger partial charge < -0.3 is 15.8 Å². The van der Waals surface area contributed by atoms with Crippen molar-refractivity contribution in [1.29, 1.82) is 0 Å². The van der Waals surface area contributed by atoms with Gasteiger partial charge in [0.2, 0.25) is 0 Å². The number of hydrogen-bond acceptors (Lipinski definition) is 7. The Kier molecular flexibility index (Phi) is 6.04. The summed E-state index contributed by atoms with van der Waals surface area (Å²) in [5.74, 6) is 1.33. The van der Waals surface area contributed by atoms with Crippen molar-refractivity contribution in [3.8, 4) is 5.75 Å². The van der Waals surface area contributed by atoms with Crippen LogP contribution in [-0.4, -0.2) is 33.1 Å². The zero-order valence-corrected chi connectivity index (χ0v) is 18.9. The molecule has 0 radical (unpaired) electrons. The Morgan fingerprint density at radius 3 is 2.74 bits per heavy atom. The molecule has 5 rings (SSSR count). The van der Waals surface area contributed by atoms with E-state index in [1.807, 2.05) is 53.2 Å². The Morgan fingerprint density at radius 1 is 1.09 bits per heavy atom. The number of nitrogens with zero attached hydrogens (tertiary/aromatic N) is 5. The first-order chi connectivity index (χ1) is 17.1. The van der Waals surface area contributed by atoms with E-state index in [-0.39, 0.29) is 5.82 Å². The van der Waals surface area contributed by atoms with E-state index in [9.17, 15) is 4.39 Å². The third-order valence-corrected chi connectivity index (χ3v) is 5.46. The number of methoxy groups -OCH3 is 1. The molecule has 5 aromatic rings. The number of aliphatic imine (C=N–C) groups is 1. The van der Waals surface area contributed by atoms with Crippen LogP contribution in [0.3, 0.4) is 0 Å². The van der Waals surface area contributed by atoms with Gasteiger partial charge in [-0.2, -0.15) is 5.10 Å². The molecule has 0 amide bonds. The summed E-state index contributed by atoms with van der Waals surface area (Å²) in [4.78, 5) is 12.9. The molecule has 0 atom stereocenters. The van der Waals surface area contributed by atoms with Gasteiger partial charge in [-0.05, 0) is 60.2 Å². The quantitative estimate of drug-likeness (QED) is 0.323. The Bertz CT molecular complexity index is 1510. The third kappa shape index (κ3) is 4.93. The molecule has 3 N–H and O–H groups in total. The second-order valence-electron chi connectivity index (χ2n) is 7.81. The van der Waals surface area contributed by atoms with Crippen molar-refractivity contribution in [2.45, 2.75) is 6.54 Å². The highest BCUT2D eigenvalue weighted by molar-refractivity contribution is 5.94. The summed E-state index contributed by atoms with van der Waals surface area (Å²) in [7, 11) is 1.62. The molecule has 0 aliphatic carbocycles. The lowest BCUT2D eigenvalue weighted by Gasteiger charge is -2.10. The van der Waals surface area contributed by atoms with E-state index in [0.29, 0.717) is 23.7 Å². The van der Waals surface area contributed by atoms with Crippen molar-refractivity contribution in [1.82, 2.24) is 19.7 Å². The average Bonchev–Trinajstić information content (AvgIpc) is 3.26. The number of nitrogens with two attached hydrogens (primary N) is 1. The van der Waals surface area contributed by atoms with Crippen LogP contribution in [0.5, 0.6) is 5.75 Å². The average molecular weight is 468 g/mol. The highest BCUT2D eigenvalue weighted by Gasteiger charge is 2.10. The van der Waals surface area contributed by atoms with Crippen LogP contribution < -0.4 is 15.8 Å². The molecule has 0 aliphatic rings. The van der Waals surface area contributed by atoms with Crippen molar-refractivity contribution in [2.75, 3.05) is 18.2 Å². The van der Waals surface area contributed by atoms with E-state index in [1.165, 1.54) is 18.5 Å². The molecule has 0 saturated carbocycles. The molecule has 0 bridgehead atoms. The first kappa shape index (κ1) is 22.0. The molecule has 174 valence electrons. The summed E-state index contributed by atoms with van der Waals surface area (Å²) < 4.78 is 20.6. The highest BCUT2D eigenvalue weighted by Crippen LogP contribution is 2.25. The molecule has 2 aromatic heterocycles. The van der Waals surface area contributed by atoms with E-state index in [2.05, 4.69) is 25.4 Å². The molecule has 35 heavy (non-hydrogen) atoms. The molecule has 8 nitrogen and oxygen atoms in total. The van der Waals surface area contributed by atoms with Crippen LogP contribution in [0.4, 0.5) is 27.4 Å². The number of nitrogen functional groups attached to an aromatic ring is 1. The van der Waals surface area contributed by atoms with Crippen molar-refractivity contribution in [3.63, 3.8) is 0 Å². The fourth-order valence-electron chi connectivity index (χ4n) is 3.68. The van der Waals surface area contributed by atoms with E-state index >= 15 is 0 Å². The second-order valence-corrected chi connectivity index (χ2v) is 7.81. The molecule has 0 spiro atoms. The van der Waals surface area contributed by atoms with Gasteiger partial charge in [0.15, 0.2) is 0 Å². The van der Waals surface area contributed by atoms with E-state index in [0.717, 1.165) is 33.6 Å². The van der Waals surface area contributed by atoms with Crippen LogP contribution in [0.25, 0.3) is 10.9 Å². The predicted octanol–water partition coefficient (Wildman–Crippen LogP) is 5.10. The van der Waals surface area contributed by atoms with Gasteiger partial charge in [0.1, 0.15) is 29.5 Å². The van der Waals surface area contributed by atoms with Gasteiger partial charge in [0.05, 0.1) is 36.6 Å². The maximum Gasteiger partial charge on any atom is 0.144 e. The number of aromatic nitrogens is 4. The molecular weight excluding hydrogens is 445 g/mol. The standard InChI is InChI=1S/C26H22FN7O/c1-35-22-8-5-20(6-9-22)29-14-23-25(28)30-16-31-26(23)33-21-7-10-24-18(12-21)13-32-34(24)15-17-3-2-4-19(27)11-17/h2-14,16H,15H2,1H3,(H3,28,30,31,33). The van der Waals surface area contributed by atoms with Crippen molar-refractivity contribution >= 4 is 40.1 Å². The maximum absolute atomic E-state index is 13.5. The Labute approximate surface area is 200 Å². The minimum Gasteiger partial charge on any atom is -0.497 e. The van der Waals surface area contributed by atoms with Crippen LogP contribution >= 0.6 is 0 Å². The number of rotatable bonds is 7. The Balaban J connectivity index is 1.39. The SMILES string of the molecule is COc1ccc(N=Cc2c(N)ncnc2Nc2ccc3c(cnn3Cc3cccc(F)c3)c2)cc1. The van der Waals surface area contributed by atoms with E-state index in [4.69, 9.17) is 10.5 Å². The second kappa shape index (κ2) is 9.60. The van der Waals surface area contributed by atoms with Crippen LogP contribution in [0.2, 0.25) is 0 Å². The first-order valence-electron chi connectivity index (χ1n) is 10.8. The highest BCUT2D eigenvalue weighted by atomic mass is 19.1. The van der Waals surface area contributed by atoms with E-state index < -0.39 is 0 Å². The summed E-state index contributed by atoms with van der Waals surface area (Å²) in [6.45, 7) is 0.475. The minimum absolute atomic E-state index is 0.263.